The second kappa shape index (κ2) is 6.58. The first-order valence-corrected chi connectivity index (χ1v) is 6.63. The van der Waals surface area contributed by atoms with Crippen molar-refractivity contribution in [1.82, 2.24) is 4.90 Å². The van der Waals surface area contributed by atoms with E-state index < -0.39 is 4.92 Å². The van der Waals surface area contributed by atoms with Crippen LogP contribution in [-0.4, -0.2) is 48.5 Å². The predicted octanol–water partition coefficient (Wildman–Crippen LogP) is 1.89. The minimum atomic E-state index is -0.468. The van der Waals surface area contributed by atoms with Crippen LogP contribution in [-0.2, 0) is 4.74 Å². The van der Waals surface area contributed by atoms with E-state index in [1.807, 2.05) is 0 Å². The minimum Gasteiger partial charge on any atom is -0.381 e. The van der Waals surface area contributed by atoms with Gasteiger partial charge in [0.1, 0.15) is 0 Å². The van der Waals surface area contributed by atoms with Crippen molar-refractivity contribution in [1.29, 1.82) is 0 Å². The first kappa shape index (κ1) is 14.6. The number of hydrogen-bond acceptors (Lipinski definition) is 5. The van der Waals surface area contributed by atoms with E-state index in [4.69, 9.17) is 4.74 Å². The average molecular weight is 278 g/mol. The number of carbonyl (C=O) groups excluding carboxylic acids is 1. The molecule has 0 aromatic heterocycles. The van der Waals surface area contributed by atoms with E-state index in [0.717, 1.165) is 25.9 Å². The fraction of sp³-hybridized carbons (Fsp3) is 0.500. The van der Waals surface area contributed by atoms with Crippen molar-refractivity contribution in [2.24, 2.45) is 0 Å². The van der Waals surface area contributed by atoms with Crippen molar-refractivity contribution in [2.75, 3.05) is 26.7 Å². The van der Waals surface area contributed by atoms with Gasteiger partial charge in [-0.2, -0.15) is 0 Å². The molecule has 0 spiro atoms. The monoisotopic (exact) mass is 278 g/mol. The molecular formula is C14H18N2O4. The number of rotatable bonds is 5. The van der Waals surface area contributed by atoms with Gasteiger partial charge >= 0.3 is 0 Å². The van der Waals surface area contributed by atoms with Gasteiger partial charge in [-0.05, 0) is 25.0 Å². The summed E-state index contributed by atoms with van der Waals surface area (Å²) in [5, 5.41) is 10.6. The molecule has 1 heterocycles. The molecule has 108 valence electrons. The van der Waals surface area contributed by atoms with Crippen LogP contribution in [0.1, 0.15) is 23.2 Å². The highest BCUT2D eigenvalue weighted by Gasteiger charge is 2.21. The van der Waals surface area contributed by atoms with Crippen molar-refractivity contribution in [3.05, 3.63) is 39.9 Å². The number of methoxy groups -OCH3 is 1. The van der Waals surface area contributed by atoms with E-state index in [-0.39, 0.29) is 11.5 Å². The molecule has 20 heavy (non-hydrogen) atoms. The molecule has 0 bridgehead atoms. The Labute approximate surface area is 117 Å². The number of nitrogens with zero attached hydrogens (tertiary/aromatic N) is 2. The molecule has 0 saturated carbocycles. The van der Waals surface area contributed by atoms with Crippen LogP contribution in [0.3, 0.4) is 0 Å². The van der Waals surface area contributed by atoms with E-state index in [0.29, 0.717) is 18.2 Å². The molecule has 0 amide bonds. The number of likely N-dealkylation sites (tertiary alicyclic amines) is 1. The van der Waals surface area contributed by atoms with Gasteiger partial charge in [0.15, 0.2) is 5.78 Å². The van der Waals surface area contributed by atoms with Crippen LogP contribution in [0, 0.1) is 10.1 Å². The Kier molecular flexibility index (Phi) is 4.81. The predicted molar refractivity (Wildman–Crippen MR) is 73.9 cm³/mol. The summed E-state index contributed by atoms with van der Waals surface area (Å²) < 4.78 is 5.29. The Morgan fingerprint density at radius 3 is 2.45 bits per heavy atom. The summed E-state index contributed by atoms with van der Waals surface area (Å²) in [6.07, 6.45) is 2.16. The number of nitro groups is 1. The third kappa shape index (κ3) is 3.61. The second-order valence-corrected chi connectivity index (χ2v) is 4.94. The number of non-ortho nitro benzene ring substituents is 1. The van der Waals surface area contributed by atoms with E-state index in [1.54, 1.807) is 7.11 Å². The molecule has 1 aliphatic rings. The van der Waals surface area contributed by atoms with Gasteiger partial charge in [-0.25, -0.2) is 0 Å². The summed E-state index contributed by atoms with van der Waals surface area (Å²) >= 11 is 0. The van der Waals surface area contributed by atoms with Gasteiger partial charge in [-0.3, -0.25) is 19.8 Å². The topological polar surface area (TPSA) is 72.7 Å². The van der Waals surface area contributed by atoms with Crippen LogP contribution in [0.5, 0.6) is 0 Å². The highest BCUT2D eigenvalue weighted by molar-refractivity contribution is 5.97. The molecule has 1 aromatic rings. The maximum atomic E-state index is 12.1. The molecule has 6 nitrogen and oxygen atoms in total. The van der Waals surface area contributed by atoms with Gasteiger partial charge in [0, 0.05) is 37.9 Å². The third-order valence-corrected chi connectivity index (χ3v) is 3.64. The largest absolute Gasteiger partial charge is 0.381 e. The Hall–Kier alpha value is -1.79. The van der Waals surface area contributed by atoms with Crippen molar-refractivity contribution < 1.29 is 14.5 Å². The van der Waals surface area contributed by atoms with Crippen LogP contribution in [0.25, 0.3) is 0 Å². The SMILES string of the molecule is COC1CCN(CC(=O)c2ccc([N+](=O)[O-])cc2)CC1. The first-order valence-electron chi connectivity index (χ1n) is 6.63. The number of benzene rings is 1. The molecule has 1 saturated heterocycles. The minimum absolute atomic E-state index is 0.00228. The van der Waals surface area contributed by atoms with E-state index >= 15 is 0 Å². The van der Waals surface area contributed by atoms with Crippen molar-refractivity contribution in [2.45, 2.75) is 18.9 Å². The van der Waals surface area contributed by atoms with Crippen LogP contribution >= 0.6 is 0 Å². The molecule has 1 fully saturated rings. The molecule has 1 aliphatic heterocycles. The number of nitro benzene ring substituents is 1. The number of Topliss-reactive ketones (excluding diaryl/α,β-unsaturated/α-hetero) is 1. The summed E-state index contributed by atoms with van der Waals surface area (Å²) in [5.41, 5.74) is 0.520. The number of ketones is 1. The standard InChI is InChI=1S/C14H18N2O4/c1-20-13-6-8-15(9-7-13)10-14(17)11-2-4-12(5-3-11)16(18)19/h2-5,13H,6-10H2,1H3. The summed E-state index contributed by atoms with van der Waals surface area (Å²) in [5.74, 6) is -0.00392. The summed E-state index contributed by atoms with van der Waals surface area (Å²) in [7, 11) is 1.71. The van der Waals surface area contributed by atoms with Gasteiger partial charge in [0.05, 0.1) is 17.6 Å². The third-order valence-electron chi connectivity index (χ3n) is 3.64. The van der Waals surface area contributed by atoms with Crippen LogP contribution < -0.4 is 0 Å². The van der Waals surface area contributed by atoms with Crippen molar-refractivity contribution in [3.8, 4) is 0 Å². The van der Waals surface area contributed by atoms with Gasteiger partial charge < -0.3 is 4.74 Å². The fourth-order valence-electron chi connectivity index (χ4n) is 2.37. The van der Waals surface area contributed by atoms with Gasteiger partial charge in [-0.15, -0.1) is 0 Å². The fourth-order valence-corrected chi connectivity index (χ4v) is 2.37. The molecule has 1 aromatic carbocycles. The summed E-state index contributed by atoms with van der Waals surface area (Å²) in [4.78, 5) is 24.3. The zero-order valence-corrected chi connectivity index (χ0v) is 11.4. The Morgan fingerprint density at radius 1 is 1.35 bits per heavy atom. The van der Waals surface area contributed by atoms with Crippen molar-refractivity contribution >= 4 is 11.5 Å². The first-order chi connectivity index (χ1) is 9.60. The quantitative estimate of drug-likeness (QED) is 0.467. The Bertz CT molecular complexity index is 478. The average Bonchev–Trinajstić information content (AvgIpc) is 2.48. The highest BCUT2D eigenvalue weighted by atomic mass is 16.6. The van der Waals surface area contributed by atoms with E-state index in [9.17, 15) is 14.9 Å². The molecule has 2 rings (SSSR count). The number of piperidine rings is 1. The molecular weight excluding hydrogens is 260 g/mol. The zero-order chi connectivity index (χ0) is 14.5. The second-order valence-electron chi connectivity index (χ2n) is 4.94. The lowest BCUT2D eigenvalue weighted by molar-refractivity contribution is -0.384. The summed E-state index contributed by atoms with van der Waals surface area (Å²) in [6.45, 7) is 2.04. The molecule has 0 atom stereocenters. The zero-order valence-electron chi connectivity index (χ0n) is 11.4. The Morgan fingerprint density at radius 2 is 1.95 bits per heavy atom. The molecule has 0 unspecified atom stereocenters. The molecule has 0 aliphatic carbocycles. The molecule has 0 radical (unpaired) electrons. The van der Waals surface area contributed by atoms with Crippen molar-refractivity contribution in [3.63, 3.8) is 0 Å². The van der Waals surface area contributed by atoms with E-state index in [2.05, 4.69) is 4.90 Å². The number of carbonyl (C=O) groups is 1. The molecule has 0 N–H and O–H groups in total. The lowest BCUT2D eigenvalue weighted by atomic mass is 10.1. The maximum Gasteiger partial charge on any atom is 0.269 e. The number of ether oxygens (including phenoxy) is 1. The lowest BCUT2D eigenvalue weighted by Gasteiger charge is -2.30. The van der Waals surface area contributed by atoms with Crippen LogP contribution in [0.2, 0.25) is 0 Å². The van der Waals surface area contributed by atoms with Crippen LogP contribution in [0.4, 0.5) is 5.69 Å². The molecule has 6 heteroatoms. The van der Waals surface area contributed by atoms with Gasteiger partial charge in [0.2, 0.25) is 0 Å². The van der Waals surface area contributed by atoms with Gasteiger partial charge in [-0.1, -0.05) is 0 Å². The smallest absolute Gasteiger partial charge is 0.269 e. The van der Waals surface area contributed by atoms with Gasteiger partial charge in [0.25, 0.3) is 5.69 Å². The van der Waals surface area contributed by atoms with E-state index in [1.165, 1.54) is 24.3 Å². The lowest BCUT2D eigenvalue weighted by Crippen LogP contribution is -2.39. The highest BCUT2D eigenvalue weighted by Crippen LogP contribution is 2.15. The summed E-state index contributed by atoms with van der Waals surface area (Å²) in [6, 6.07) is 5.76. The normalized spacial score (nSPS) is 17.1. The van der Waals surface area contributed by atoms with Crippen LogP contribution in [0.15, 0.2) is 24.3 Å². The maximum absolute atomic E-state index is 12.1. The number of hydrogen-bond donors (Lipinski definition) is 0. The Balaban J connectivity index is 1.90.